The molecule has 0 aliphatic carbocycles. The molecule has 0 radical (unpaired) electrons. The lowest BCUT2D eigenvalue weighted by molar-refractivity contribution is 0.377. The molecule has 1 fully saturated rings. The maximum Gasteiger partial charge on any atom is 0.0168 e. The standard InChI is InChI=1S/C10H18N2/c1-10(4-6-11)5-9-12-7-2-3-8-12/h4-6H,2-3,7-9,11H2,1H3/b6-4-,10-5-. The van der Waals surface area contributed by atoms with Crippen molar-refractivity contribution in [2.24, 2.45) is 5.73 Å². The van der Waals surface area contributed by atoms with Crippen LogP contribution in [0.4, 0.5) is 0 Å². The van der Waals surface area contributed by atoms with Crippen LogP contribution in [0, 0.1) is 0 Å². The van der Waals surface area contributed by atoms with Crippen LogP contribution in [0.15, 0.2) is 23.9 Å². The fourth-order valence-corrected chi connectivity index (χ4v) is 1.46. The van der Waals surface area contributed by atoms with E-state index in [0.717, 1.165) is 6.54 Å². The summed E-state index contributed by atoms with van der Waals surface area (Å²) in [6, 6.07) is 0. The molecule has 2 N–H and O–H groups in total. The molecule has 1 saturated heterocycles. The van der Waals surface area contributed by atoms with Gasteiger partial charge in [0.1, 0.15) is 0 Å². The van der Waals surface area contributed by atoms with Gasteiger partial charge in [0.15, 0.2) is 0 Å². The van der Waals surface area contributed by atoms with Crippen LogP contribution in [0.5, 0.6) is 0 Å². The van der Waals surface area contributed by atoms with E-state index < -0.39 is 0 Å². The van der Waals surface area contributed by atoms with Crippen molar-refractivity contribution in [1.29, 1.82) is 0 Å². The lowest BCUT2D eigenvalue weighted by atomic mass is 10.2. The molecule has 12 heavy (non-hydrogen) atoms. The third-order valence-corrected chi connectivity index (χ3v) is 2.23. The number of rotatable bonds is 3. The second-order valence-corrected chi connectivity index (χ2v) is 3.31. The molecule has 0 aromatic carbocycles. The average molecular weight is 166 g/mol. The van der Waals surface area contributed by atoms with E-state index in [1.165, 1.54) is 31.5 Å². The highest BCUT2D eigenvalue weighted by Crippen LogP contribution is 2.07. The van der Waals surface area contributed by atoms with Gasteiger partial charge in [0.05, 0.1) is 0 Å². The van der Waals surface area contributed by atoms with E-state index in [2.05, 4.69) is 17.9 Å². The molecule has 0 bridgehead atoms. The average Bonchev–Trinajstić information content (AvgIpc) is 2.53. The highest BCUT2D eigenvalue weighted by atomic mass is 15.1. The van der Waals surface area contributed by atoms with E-state index in [9.17, 15) is 0 Å². The van der Waals surface area contributed by atoms with E-state index in [-0.39, 0.29) is 0 Å². The molecule has 0 aromatic heterocycles. The molecular formula is C10H18N2. The van der Waals surface area contributed by atoms with Crippen LogP contribution in [0.1, 0.15) is 19.8 Å². The summed E-state index contributed by atoms with van der Waals surface area (Å²) in [6.07, 6.45) is 8.49. The van der Waals surface area contributed by atoms with Gasteiger partial charge in [-0.1, -0.05) is 11.6 Å². The van der Waals surface area contributed by atoms with Gasteiger partial charge in [-0.05, 0) is 45.1 Å². The van der Waals surface area contributed by atoms with E-state index in [1.807, 2.05) is 6.08 Å². The smallest absolute Gasteiger partial charge is 0.0168 e. The van der Waals surface area contributed by atoms with Crippen molar-refractivity contribution >= 4 is 0 Å². The van der Waals surface area contributed by atoms with Crippen LogP contribution in [-0.2, 0) is 0 Å². The Morgan fingerprint density at radius 2 is 2.08 bits per heavy atom. The first-order valence-corrected chi connectivity index (χ1v) is 4.60. The Bertz CT molecular complexity index is 176. The fourth-order valence-electron chi connectivity index (χ4n) is 1.46. The van der Waals surface area contributed by atoms with Crippen molar-refractivity contribution in [3.8, 4) is 0 Å². The molecule has 0 unspecified atom stereocenters. The van der Waals surface area contributed by atoms with Crippen molar-refractivity contribution in [3.05, 3.63) is 23.9 Å². The first-order valence-electron chi connectivity index (χ1n) is 4.60. The van der Waals surface area contributed by atoms with Gasteiger partial charge in [-0.15, -0.1) is 0 Å². The monoisotopic (exact) mass is 166 g/mol. The number of nitrogens with zero attached hydrogens (tertiary/aromatic N) is 1. The van der Waals surface area contributed by atoms with Crippen molar-refractivity contribution in [2.75, 3.05) is 19.6 Å². The first kappa shape index (κ1) is 9.33. The summed E-state index contributed by atoms with van der Waals surface area (Å²) in [6.45, 7) is 5.68. The second kappa shape index (κ2) is 4.99. The molecule has 0 amide bonds. The Morgan fingerprint density at radius 3 is 2.67 bits per heavy atom. The van der Waals surface area contributed by atoms with E-state index >= 15 is 0 Å². The molecule has 1 aliphatic rings. The van der Waals surface area contributed by atoms with E-state index in [0.29, 0.717) is 0 Å². The lowest BCUT2D eigenvalue weighted by Gasteiger charge is -2.10. The van der Waals surface area contributed by atoms with Crippen molar-refractivity contribution in [2.45, 2.75) is 19.8 Å². The minimum absolute atomic E-state index is 1.08. The second-order valence-electron chi connectivity index (χ2n) is 3.31. The van der Waals surface area contributed by atoms with Crippen LogP contribution < -0.4 is 5.73 Å². The predicted octanol–water partition coefficient (Wildman–Crippen LogP) is 1.50. The van der Waals surface area contributed by atoms with Crippen LogP contribution in [0.2, 0.25) is 0 Å². The van der Waals surface area contributed by atoms with Gasteiger partial charge in [-0.25, -0.2) is 0 Å². The Morgan fingerprint density at radius 1 is 1.42 bits per heavy atom. The quantitative estimate of drug-likeness (QED) is 0.644. The van der Waals surface area contributed by atoms with Gasteiger partial charge in [0.2, 0.25) is 0 Å². The van der Waals surface area contributed by atoms with Gasteiger partial charge < -0.3 is 5.73 Å². The normalized spacial score (nSPS) is 20.9. The number of nitrogens with two attached hydrogens (primary N) is 1. The van der Waals surface area contributed by atoms with Crippen LogP contribution in [-0.4, -0.2) is 24.5 Å². The SMILES string of the molecule is CC(/C=C\N)=C/CN1CCCC1. The summed E-state index contributed by atoms with van der Waals surface area (Å²) in [5, 5.41) is 0. The van der Waals surface area contributed by atoms with Crippen LogP contribution in [0.25, 0.3) is 0 Å². The summed E-state index contributed by atoms with van der Waals surface area (Å²) in [5.41, 5.74) is 6.53. The molecule has 1 rings (SSSR count). The predicted molar refractivity (Wildman–Crippen MR) is 52.8 cm³/mol. The summed E-state index contributed by atoms with van der Waals surface area (Å²) in [4.78, 5) is 2.47. The minimum atomic E-state index is 1.08. The van der Waals surface area contributed by atoms with Crippen molar-refractivity contribution in [1.82, 2.24) is 4.90 Å². The van der Waals surface area contributed by atoms with Crippen molar-refractivity contribution in [3.63, 3.8) is 0 Å². The molecule has 0 saturated carbocycles. The molecular weight excluding hydrogens is 148 g/mol. The number of hydrogen-bond acceptors (Lipinski definition) is 2. The zero-order valence-electron chi connectivity index (χ0n) is 7.79. The largest absolute Gasteiger partial charge is 0.405 e. The number of allylic oxidation sites excluding steroid dienone is 2. The lowest BCUT2D eigenvalue weighted by Crippen LogP contribution is -2.18. The van der Waals surface area contributed by atoms with Crippen LogP contribution >= 0.6 is 0 Å². The third-order valence-electron chi connectivity index (χ3n) is 2.23. The molecule has 1 aliphatic heterocycles. The topological polar surface area (TPSA) is 29.3 Å². The third kappa shape index (κ3) is 3.09. The number of likely N-dealkylation sites (tertiary alicyclic amines) is 1. The Labute approximate surface area is 74.7 Å². The first-order chi connectivity index (χ1) is 5.83. The molecule has 0 atom stereocenters. The highest BCUT2D eigenvalue weighted by molar-refractivity contribution is 5.15. The maximum atomic E-state index is 5.28. The Balaban J connectivity index is 2.26. The van der Waals surface area contributed by atoms with Gasteiger partial charge in [-0.3, -0.25) is 4.90 Å². The van der Waals surface area contributed by atoms with Crippen molar-refractivity contribution < 1.29 is 0 Å². The van der Waals surface area contributed by atoms with E-state index in [4.69, 9.17) is 5.73 Å². The summed E-state index contributed by atoms with van der Waals surface area (Å²) in [7, 11) is 0. The van der Waals surface area contributed by atoms with Gasteiger partial charge in [0, 0.05) is 6.54 Å². The van der Waals surface area contributed by atoms with E-state index in [1.54, 1.807) is 6.20 Å². The Hall–Kier alpha value is -0.760. The molecule has 1 heterocycles. The zero-order chi connectivity index (χ0) is 8.81. The fraction of sp³-hybridized carbons (Fsp3) is 0.600. The number of hydrogen-bond donors (Lipinski definition) is 1. The molecule has 2 nitrogen and oxygen atoms in total. The zero-order valence-corrected chi connectivity index (χ0v) is 7.79. The summed E-state index contributed by atoms with van der Waals surface area (Å²) >= 11 is 0. The highest BCUT2D eigenvalue weighted by Gasteiger charge is 2.08. The molecule has 68 valence electrons. The summed E-state index contributed by atoms with van der Waals surface area (Å²) < 4.78 is 0. The minimum Gasteiger partial charge on any atom is -0.405 e. The van der Waals surface area contributed by atoms with Gasteiger partial charge in [-0.2, -0.15) is 0 Å². The molecule has 0 spiro atoms. The molecule has 2 heteroatoms. The van der Waals surface area contributed by atoms with Gasteiger partial charge in [0.25, 0.3) is 0 Å². The maximum absolute atomic E-state index is 5.28. The molecule has 0 aromatic rings. The van der Waals surface area contributed by atoms with Crippen LogP contribution in [0.3, 0.4) is 0 Å². The Kier molecular flexibility index (Phi) is 3.88. The van der Waals surface area contributed by atoms with Gasteiger partial charge >= 0.3 is 0 Å². The summed E-state index contributed by atoms with van der Waals surface area (Å²) in [5.74, 6) is 0.